The first-order chi connectivity index (χ1) is 10.2. The maximum atomic E-state index is 12.6. The molecule has 1 aromatic heterocycles. The van der Waals surface area contributed by atoms with Gasteiger partial charge < -0.3 is 14.4 Å². The fraction of sp³-hybridized carbons (Fsp3) is 0.667. The molecule has 2 saturated heterocycles. The van der Waals surface area contributed by atoms with Gasteiger partial charge in [0.2, 0.25) is 0 Å². The van der Waals surface area contributed by atoms with Crippen LogP contribution in [0, 0.1) is 5.41 Å². The summed E-state index contributed by atoms with van der Waals surface area (Å²) in [6.07, 6.45) is 6.13. The molecule has 1 aromatic rings. The predicted molar refractivity (Wildman–Crippen MR) is 75.8 cm³/mol. The minimum atomic E-state index is -0.0755. The monoisotopic (exact) mass is 291 g/mol. The Bertz CT molecular complexity index is 492. The molecule has 6 heteroatoms. The predicted octanol–water partition coefficient (Wildman–Crippen LogP) is 1.13. The molecule has 0 spiro atoms. The number of ether oxygens (including phenoxy) is 2. The van der Waals surface area contributed by atoms with Crippen molar-refractivity contribution in [2.75, 3.05) is 33.4 Å². The van der Waals surface area contributed by atoms with Gasteiger partial charge in [-0.1, -0.05) is 0 Å². The highest BCUT2D eigenvalue weighted by Gasteiger charge is 2.47. The van der Waals surface area contributed by atoms with Crippen LogP contribution in [-0.2, 0) is 9.47 Å². The third-order valence-corrected chi connectivity index (χ3v) is 4.51. The molecule has 3 rings (SSSR count). The van der Waals surface area contributed by atoms with Gasteiger partial charge in [0.15, 0.2) is 0 Å². The molecule has 0 aliphatic carbocycles. The van der Waals surface area contributed by atoms with E-state index in [-0.39, 0.29) is 17.4 Å². The van der Waals surface area contributed by atoms with Crippen molar-refractivity contribution in [3.63, 3.8) is 0 Å². The normalized spacial score (nSPS) is 29.0. The lowest BCUT2D eigenvalue weighted by Gasteiger charge is -2.50. The van der Waals surface area contributed by atoms with E-state index >= 15 is 0 Å². The number of hydrogen-bond donors (Lipinski definition) is 0. The summed E-state index contributed by atoms with van der Waals surface area (Å²) in [5.41, 5.74) is 0.376. The van der Waals surface area contributed by atoms with Gasteiger partial charge in [-0.2, -0.15) is 0 Å². The van der Waals surface area contributed by atoms with E-state index in [9.17, 15) is 4.79 Å². The number of hydrogen-bond acceptors (Lipinski definition) is 5. The second-order valence-electron chi connectivity index (χ2n) is 5.87. The molecule has 0 bridgehead atoms. The van der Waals surface area contributed by atoms with Crippen molar-refractivity contribution >= 4 is 5.91 Å². The van der Waals surface area contributed by atoms with Crippen molar-refractivity contribution in [1.82, 2.24) is 14.9 Å². The number of piperidine rings is 1. The molecule has 0 unspecified atom stereocenters. The molecule has 0 saturated carbocycles. The third-order valence-electron chi connectivity index (χ3n) is 4.51. The molecular formula is C15H21N3O3. The number of nitrogens with zero attached hydrogens (tertiary/aromatic N) is 3. The van der Waals surface area contributed by atoms with Gasteiger partial charge in [-0.25, -0.2) is 9.97 Å². The summed E-state index contributed by atoms with van der Waals surface area (Å²) in [4.78, 5) is 22.4. The minimum absolute atomic E-state index is 0.0306. The molecule has 2 aliphatic heterocycles. The Morgan fingerprint density at radius 1 is 1.62 bits per heavy atom. The maximum absolute atomic E-state index is 12.6. The van der Waals surface area contributed by atoms with Gasteiger partial charge in [0.25, 0.3) is 5.91 Å². The van der Waals surface area contributed by atoms with Crippen LogP contribution in [0.25, 0.3) is 0 Å². The number of aromatic nitrogens is 2. The van der Waals surface area contributed by atoms with Crippen LogP contribution in [0.1, 0.15) is 29.8 Å². The van der Waals surface area contributed by atoms with Crippen LogP contribution >= 0.6 is 0 Å². The third kappa shape index (κ3) is 2.78. The van der Waals surface area contributed by atoms with E-state index in [0.717, 1.165) is 25.9 Å². The topological polar surface area (TPSA) is 64.6 Å². The van der Waals surface area contributed by atoms with Gasteiger partial charge in [0.1, 0.15) is 12.0 Å². The van der Waals surface area contributed by atoms with Gasteiger partial charge in [-0.05, 0) is 25.3 Å². The number of carbonyl (C=O) groups is 1. The summed E-state index contributed by atoms with van der Waals surface area (Å²) < 4.78 is 11.4. The fourth-order valence-corrected chi connectivity index (χ4v) is 3.54. The maximum Gasteiger partial charge on any atom is 0.272 e. The molecule has 0 radical (unpaired) electrons. The SMILES string of the molecule is COC[C@]12CCCO[C@@H]1CCN(C(=O)c1ccncn1)C2. The van der Waals surface area contributed by atoms with E-state index in [1.54, 1.807) is 19.4 Å². The number of fused-ring (bicyclic) bond motifs is 1. The summed E-state index contributed by atoms with van der Waals surface area (Å²) >= 11 is 0. The largest absolute Gasteiger partial charge is 0.384 e. The van der Waals surface area contributed by atoms with Crippen molar-refractivity contribution in [1.29, 1.82) is 0 Å². The highest BCUT2D eigenvalue weighted by molar-refractivity contribution is 5.92. The number of amides is 1. The van der Waals surface area contributed by atoms with Crippen LogP contribution < -0.4 is 0 Å². The van der Waals surface area contributed by atoms with Gasteiger partial charge in [-0.15, -0.1) is 0 Å². The standard InChI is InChI=1S/C15H21N3O3/c1-20-10-15-5-2-8-21-13(15)4-7-18(9-15)14(19)12-3-6-16-11-17-12/h3,6,11,13H,2,4-5,7-10H2,1H3/t13-,15-/m1/s1. The Labute approximate surface area is 124 Å². The van der Waals surface area contributed by atoms with Crippen LogP contribution in [0.5, 0.6) is 0 Å². The van der Waals surface area contributed by atoms with Crippen LogP contribution in [-0.4, -0.2) is 60.3 Å². The molecule has 0 N–H and O–H groups in total. The molecule has 6 nitrogen and oxygen atoms in total. The first-order valence-electron chi connectivity index (χ1n) is 7.41. The van der Waals surface area contributed by atoms with Crippen LogP contribution in [0.2, 0.25) is 0 Å². The Kier molecular flexibility index (Phi) is 4.17. The smallest absolute Gasteiger partial charge is 0.272 e. The number of likely N-dealkylation sites (tertiary alicyclic amines) is 1. The van der Waals surface area contributed by atoms with E-state index in [4.69, 9.17) is 9.47 Å². The van der Waals surface area contributed by atoms with Gasteiger partial charge in [0, 0.05) is 38.4 Å². The number of methoxy groups -OCH3 is 1. The Morgan fingerprint density at radius 3 is 3.29 bits per heavy atom. The van der Waals surface area contributed by atoms with E-state index in [1.165, 1.54) is 6.33 Å². The molecule has 3 heterocycles. The molecule has 1 amide bonds. The fourth-order valence-electron chi connectivity index (χ4n) is 3.54. The van der Waals surface area contributed by atoms with Crippen LogP contribution in [0.3, 0.4) is 0 Å². The average Bonchev–Trinajstić information content (AvgIpc) is 2.54. The summed E-state index contributed by atoms with van der Waals surface area (Å²) in [6, 6.07) is 1.66. The lowest BCUT2D eigenvalue weighted by atomic mass is 9.73. The van der Waals surface area contributed by atoms with Crippen molar-refractivity contribution in [2.45, 2.75) is 25.4 Å². The van der Waals surface area contributed by atoms with E-state index in [1.807, 2.05) is 4.90 Å². The van der Waals surface area contributed by atoms with E-state index in [2.05, 4.69) is 9.97 Å². The van der Waals surface area contributed by atoms with Crippen LogP contribution in [0.15, 0.2) is 18.6 Å². The zero-order valence-corrected chi connectivity index (χ0v) is 12.3. The molecule has 21 heavy (non-hydrogen) atoms. The van der Waals surface area contributed by atoms with Crippen molar-refractivity contribution in [3.05, 3.63) is 24.3 Å². The molecule has 2 aliphatic rings. The molecule has 2 fully saturated rings. The Morgan fingerprint density at radius 2 is 2.52 bits per heavy atom. The highest BCUT2D eigenvalue weighted by atomic mass is 16.5. The van der Waals surface area contributed by atoms with Gasteiger partial charge in [-0.3, -0.25) is 4.79 Å². The van der Waals surface area contributed by atoms with Gasteiger partial charge in [0.05, 0.1) is 12.7 Å². The van der Waals surface area contributed by atoms with Crippen molar-refractivity contribution in [2.24, 2.45) is 5.41 Å². The minimum Gasteiger partial charge on any atom is -0.384 e. The lowest BCUT2D eigenvalue weighted by Crippen LogP contribution is -2.58. The summed E-state index contributed by atoms with van der Waals surface area (Å²) in [6.45, 7) is 2.83. The summed E-state index contributed by atoms with van der Waals surface area (Å²) in [5, 5.41) is 0. The summed E-state index contributed by atoms with van der Waals surface area (Å²) in [7, 11) is 1.71. The average molecular weight is 291 g/mol. The first kappa shape index (κ1) is 14.4. The first-order valence-corrected chi connectivity index (χ1v) is 7.41. The second-order valence-corrected chi connectivity index (χ2v) is 5.87. The quantitative estimate of drug-likeness (QED) is 0.835. The zero-order valence-electron chi connectivity index (χ0n) is 12.3. The Balaban J connectivity index is 1.78. The molecule has 2 atom stereocenters. The number of carbonyl (C=O) groups excluding carboxylic acids is 1. The second kappa shape index (κ2) is 6.07. The van der Waals surface area contributed by atoms with E-state index in [0.29, 0.717) is 25.4 Å². The lowest BCUT2D eigenvalue weighted by molar-refractivity contribution is -0.142. The highest BCUT2D eigenvalue weighted by Crippen LogP contribution is 2.40. The molecule has 0 aromatic carbocycles. The molecular weight excluding hydrogens is 270 g/mol. The number of rotatable bonds is 3. The zero-order chi connectivity index (χ0) is 14.7. The Hall–Kier alpha value is -1.53. The van der Waals surface area contributed by atoms with Crippen molar-refractivity contribution in [3.8, 4) is 0 Å². The van der Waals surface area contributed by atoms with Crippen LogP contribution in [0.4, 0.5) is 0 Å². The van der Waals surface area contributed by atoms with Crippen molar-refractivity contribution < 1.29 is 14.3 Å². The summed E-state index contributed by atoms with van der Waals surface area (Å²) in [5.74, 6) is -0.0306. The van der Waals surface area contributed by atoms with E-state index < -0.39 is 0 Å². The van der Waals surface area contributed by atoms with Gasteiger partial charge >= 0.3 is 0 Å². The molecule has 114 valence electrons.